The molecule has 4 atom stereocenters. The molecule has 0 aromatic rings. The van der Waals surface area contributed by atoms with Gasteiger partial charge >= 0.3 is 0 Å². The van der Waals surface area contributed by atoms with E-state index in [4.69, 9.17) is 0 Å². The van der Waals surface area contributed by atoms with Crippen molar-refractivity contribution >= 4 is 0 Å². The van der Waals surface area contributed by atoms with E-state index in [9.17, 15) is 10.2 Å². The van der Waals surface area contributed by atoms with Crippen LogP contribution in [0.5, 0.6) is 0 Å². The Hall–Kier alpha value is -0.120. The predicted octanol–water partition coefficient (Wildman–Crippen LogP) is 1.73. The van der Waals surface area contributed by atoms with Crippen LogP contribution in [0.1, 0.15) is 40.5 Å². The van der Waals surface area contributed by atoms with E-state index < -0.39 is 5.60 Å². The molecule has 0 heterocycles. The van der Waals surface area contributed by atoms with Gasteiger partial charge in [-0.1, -0.05) is 13.8 Å². The molecule has 0 aromatic carbocycles. The number of aliphatic hydroxyl groups is 2. The molecule has 1 aliphatic carbocycles. The zero-order valence-electron chi connectivity index (χ0n) is 12.0. The van der Waals surface area contributed by atoms with Gasteiger partial charge < -0.3 is 15.1 Å². The molecule has 0 aromatic heterocycles. The topological polar surface area (TPSA) is 43.7 Å². The number of nitrogens with zero attached hydrogens (tertiary/aromatic N) is 1. The standard InChI is InChI=1S/C14H29NO2/c1-10-6-11(2)12(13(16)7-10)8-15(5)9-14(3,4)17/h10-13,16-17H,6-9H2,1-5H3. The summed E-state index contributed by atoms with van der Waals surface area (Å²) >= 11 is 0. The van der Waals surface area contributed by atoms with E-state index in [0.29, 0.717) is 24.3 Å². The van der Waals surface area contributed by atoms with Crippen molar-refractivity contribution < 1.29 is 10.2 Å². The second-order valence-electron chi connectivity index (χ2n) is 6.79. The maximum absolute atomic E-state index is 10.2. The minimum atomic E-state index is -0.662. The van der Waals surface area contributed by atoms with Crippen LogP contribution < -0.4 is 0 Å². The van der Waals surface area contributed by atoms with Crippen molar-refractivity contribution in [3.05, 3.63) is 0 Å². The molecule has 2 N–H and O–H groups in total. The third-order valence-corrected chi connectivity index (χ3v) is 3.82. The van der Waals surface area contributed by atoms with Crippen LogP contribution in [-0.4, -0.2) is 47.0 Å². The minimum Gasteiger partial charge on any atom is -0.393 e. The second-order valence-corrected chi connectivity index (χ2v) is 6.79. The summed E-state index contributed by atoms with van der Waals surface area (Å²) in [5.74, 6) is 1.55. The lowest BCUT2D eigenvalue weighted by molar-refractivity contribution is -0.0151. The molecule has 3 heteroatoms. The Kier molecular flexibility index (Phi) is 4.99. The van der Waals surface area contributed by atoms with Crippen LogP contribution in [0.15, 0.2) is 0 Å². The van der Waals surface area contributed by atoms with E-state index >= 15 is 0 Å². The molecule has 0 radical (unpaired) electrons. The molecule has 1 aliphatic rings. The molecule has 3 nitrogen and oxygen atoms in total. The molecule has 102 valence electrons. The van der Waals surface area contributed by atoms with Gasteiger partial charge in [-0.3, -0.25) is 0 Å². The fourth-order valence-electron chi connectivity index (χ4n) is 3.26. The Labute approximate surface area is 106 Å². The van der Waals surface area contributed by atoms with Gasteiger partial charge in [0.1, 0.15) is 0 Å². The van der Waals surface area contributed by atoms with Crippen LogP contribution in [-0.2, 0) is 0 Å². The summed E-state index contributed by atoms with van der Waals surface area (Å²) in [4.78, 5) is 2.14. The first-order valence-corrected chi connectivity index (χ1v) is 6.78. The monoisotopic (exact) mass is 243 g/mol. The molecule has 1 saturated carbocycles. The molecule has 1 fully saturated rings. The van der Waals surface area contributed by atoms with Crippen molar-refractivity contribution in [3.63, 3.8) is 0 Å². The molecule has 0 saturated heterocycles. The van der Waals surface area contributed by atoms with Gasteiger partial charge in [-0.05, 0) is 45.6 Å². The summed E-state index contributed by atoms with van der Waals surface area (Å²) in [6.45, 7) is 9.63. The normalized spacial score (nSPS) is 35.3. The van der Waals surface area contributed by atoms with Crippen LogP contribution in [0.2, 0.25) is 0 Å². The maximum Gasteiger partial charge on any atom is 0.0718 e. The van der Waals surface area contributed by atoms with Crippen molar-refractivity contribution in [3.8, 4) is 0 Å². The lowest BCUT2D eigenvalue weighted by atomic mass is 9.73. The summed E-state index contributed by atoms with van der Waals surface area (Å²) in [6, 6.07) is 0. The van der Waals surface area contributed by atoms with E-state index in [1.165, 1.54) is 6.42 Å². The summed E-state index contributed by atoms with van der Waals surface area (Å²) < 4.78 is 0. The SMILES string of the molecule is CC1CC(C)C(CN(C)CC(C)(C)O)C(O)C1. The van der Waals surface area contributed by atoms with Crippen molar-refractivity contribution in [1.82, 2.24) is 4.90 Å². The van der Waals surface area contributed by atoms with Gasteiger partial charge in [0.25, 0.3) is 0 Å². The molecule has 0 aliphatic heterocycles. The van der Waals surface area contributed by atoms with Crippen LogP contribution >= 0.6 is 0 Å². The molecule has 0 amide bonds. The highest BCUT2D eigenvalue weighted by molar-refractivity contribution is 4.85. The smallest absolute Gasteiger partial charge is 0.0718 e. The lowest BCUT2D eigenvalue weighted by Crippen LogP contribution is -2.45. The third-order valence-electron chi connectivity index (χ3n) is 3.82. The van der Waals surface area contributed by atoms with Crippen LogP contribution in [0.25, 0.3) is 0 Å². The average molecular weight is 243 g/mol. The first kappa shape index (κ1) is 14.9. The van der Waals surface area contributed by atoms with E-state index in [0.717, 1.165) is 13.0 Å². The molecular weight excluding hydrogens is 214 g/mol. The van der Waals surface area contributed by atoms with Gasteiger partial charge in [-0.2, -0.15) is 0 Å². The summed E-state index contributed by atoms with van der Waals surface area (Å²) in [7, 11) is 2.02. The van der Waals surface area contributed by atoms with Gasteiger partial charge in [0.15, 0.2) is 0 Å². The quantitative estimate of drug-likeness (QED) is 0.790. The van der Waals surface area contributed by atoms with Crippen LogP contribution in [0.4, 0.5) is 0 Å². The Morgan fingerprint density at radius 2 is 1.82 bits per heavy atom. The summed E-state index contributed by atoms with van der Waals surface area (Å²) in [6.07, 6.45) is 1.95. The van der Waals surface area contributed by atoms with E-state index in [1.807, 2.05) is 20.9 Å². The number of rotatable bonds is 4. The van der Waals surface area contributed by atoms with E-state index in [2.05, 4.69) is 18.7 Å². The number of hydrogen-bond acceptors (Lipinski definition) is 3. The molecule has 0 bridgehead atoms. The first-order chi connectivity index (χ1) is 7.69. The first-order valence-electron chi connectivity index (χ1n) is 6.78. The number of likely N-dealkylation sites (N-methyl/N-ethyl adjacent to an activating group) is 1. The van der Waals surface area contributed by atoms with Crippen molar-refractivity contribution in [2.45, 2.75) is 52.2 Å². The lowest BCUT2D eigenvalue weighted by Gasteiger charge is -2.39. The van der Waals surface area contributed by atoms with E-state index in [-0.39, 0.29) is 6.10 Å². The fourth-order valence-corrected chi connectivity index (χ4v) is 3.26. The highest BCUT2D eigenvalue weighted by Gasteiger charge is 2.33. The Morgan fingerprint density at radius 3 is 2.29 bits per heavy atom. The fraction of sp³-hybridized carbons (Fsp3) is 1.00. The Bertz CT molecular complexity index is 225. The third kappa shape index (κ3) is 4.94. The van der Waals surface area contributed by atoms with Gasteiger partial charge in [-0.15, -0.1) is 0 Å². The van der Waals surface area contributed by atoms with Crippen molar-refractivity contribution in [2.75, 3.05) is 20.1 Å². The van der Waals surface area contributed by atoms with Gasteiger partial charge in [-0.25, -0.2) is 0 Å². The predicted molar refractivity (Wildman–Crippen MR) is 70.9 cm³/mol. The summed E-state index contributed by atoms with van der Waals surface area (Å²) in [5, 5.41) is 20.0. The average Bonchev–Trinajstić information content (AvgIpc) is 2.08. The number of aliphatic hydroxyl groups excluding tert-OH is 1. The highest BCUT2D eigenvalue weighted by Crippen LogP contribution is 2.34. The van der Waals surface area contributed by atoms with Gasteiger partial charge in [0.05, 0.1) is 11.7 Å². The largest absolute Gasteiger partial charge is 0.393 e. The van der Waals surface area contributed by atoms with Gasteiger partial charge in [0.2, 0.25) is 0 Å². The van der Waals surface area contributed by atoms with Crippen LogP contribution in [0.3, 0.4) is 0 Å². The Morgan fingerprint density at radius 1 is 1.24 bits per heavy atom. The van der Waals surface area contributed by atoms with Gasteiger partial charge in [0, 0.05) is 19.0 Å². The molecular formula is C14H29NO2. The van der Waals surface area contributed by atoms with Crippen LogP contribution in [0, 0.1) is 17.8 Å². The number of hydrogen-bond donors (Lipinski definition) is 2. The zero-order chi connectivity index (χ0) is 13.2. The zero-order valence-corrected chi connectivity index (χ0v) is 12.0. The summed E-state index contributed by atoms with van der Waals surface area (Å²) in [5.41, 5.74) is -0.662. The molecule has 17 heavy (non-hydrogen) atoms. The van der Waals surface area contributed by atoms with Crippen molar-refractivity contribution in [1.29, 1.82) is 0 Å². The second kappa shape index (κ2) is 5.68. The maximum atomic E-state index is 10.2. The van der Waals surface area contributed by atoms with Crippen molar-refractivity contribution in [2.24, 2.45) is 17.8 Å². The molecule has 1 rings (SSSR count). The Balaban J connectivity index is 2.49. The minimum absolute atomic E-state index is 0.182. The highest BCUT2D eigenvalue weighted by atomic mass is 16.3. The molecule has 4 unspecified atom stereocenters. The van der Waals surface area contributed by atoms with E-state index in [1.54, 1.807) is 0 Å². The molecule has 0 spiro atoms.